The van der Waals surface area contributed by atoms with Crippen LogP contribution in [0.2, 0.25) is 0 Å². The molecule has 0 bridgehead atoms. The Morgan fingerprint density at radius 3 is 2.25 bits per heavy atom. The minimum atomic E-state index is -0.0838. The largest absolute Gasteiger partial charge is 0.364 e. The Morgan fingerprint density at radius 1 is 0.950 bits per heavy atom. The van der Waals surface area contributed by atoms with Crippen LogP contribution in [-0.4, -0.2) is 29.0 Å². The molecule has 4 aromatic rings. The molecule has 0 spiro atoms. The number of aromatic amines is 1. The standard InChI is InChI=1S/C15H12N4O/c1-19(2)14-8-3-5-10-13-11(17-7-16-10)6-4-9(12(8)13)15(20)18-14/h3-7H,1-2H3,(H,18,20). The number of H-pyrrole nitrogens is 1. The van der Waals surface area contributed by atoms with Gasteiger partial charge in [0, 0.05) is 35.6 Å². The second-order valence-corrected chi connectivity index (χ2v) is 5.09. The zero-order valence-corrected chi connectivity index (χ0v) is 11.1. The summed E-state index contributed by atoms with van der Waals surface area (Å²) in [6, 6.07) is 7.67. The molecule has 1 N–H and O–H groups in total. The van der Waals surface area contributed by atoms with Crippen LogP contribution in [0.4, 0.5) is 5.82 Å². The molecule has 0 aliphatic rings. The Balaban J connectivity index is 2.41. The van der Waals surface area contributed by atoms with E-state index in [9.17, 15) is 4.79 Å². The molecule has 4 rings (SSSR count). The number of pyridine rings is 1. The monoisotopic (exact) mass is 264 g/mol. The highest BCUT2D eigenvalue weighted by Crippen LogP contribution is 2.34. The van der Waals surface area contributed by atoms with Gasteiger partial charge in [0.25, 0.3) is 5.56 Å². The molecular weight excluding hydrogens is 252 g/mol. The Labute approximate surface area is 114 Å². The van der Waals surface area contributed by atoms with E-state index in [0.29, 0.717) is 5.39 Å². The normalized spacial score (nSPS) is 11.7. The van der Waals surface area contributed by atoms with Crippen molar-refractivity contribution in [3.8, 4) is 0 Å². The lowest BCUT2D eigenvalue weighted by molar-refractivity contribution is 1.07. The Kier molecular flexibility index (Phi) is 2.04. The van der Waals surface area contributed by atoms with Gasteiger partial charge in [-0.2, -0.15) is 0 Å². The average Bonchev–Trinajstić information content (AvgIpc) is 2.46. The Bertz CT molecular complexity index is 987. The van der Waals surface area contributed by atoms with E-state index < -0.39 is 0 Å². The molecule has 2 heterocycles. The van der Waals surface area contributed by atoms with Gasteiger partial charge < -0.3 is 9.88 Å². The van der Waals surface area contributed by atoms with Crippen LogP contribution in [0.1, 0.15) is 0 Å². The number of anilines is 1. The van der Waals surface area contributed by atoms with Crippen molar-refractivity contribution in [3.63, 3.8) is 0 Å². The minimum Gasteiger partial charge on any atom is -0.364 e. The molecule has 20 heavy (non-hydrogen) atoms. The molecule has 2 aromatic heterocycles. The summed E-state index contributed by atoms with van der Waals surface area (Å²) in [4.78, 5) is 25.7. The summed E-state index contributed by atoms with van der Waals surface area (Å²) in [5.74, 6) is 0.806. The molecule has 0 atom stereocenters. The van der Waals surface area contributed by atoms with Crippen molar-refractivity contribution in [3.05, 3.63) is 40.9 Å². The van der Waals surface area contributed by atoms with E-state index in [1.54, 1.807) is 6.33 Å². The maximum Gasteiger partial charge on any atom is 0.257 e. The molecule has 98 valence electrons. The van der Waals surface area contributed by atoms with E-state index in [-0.39, 0.29) is 5.56 Å². The number of nitrogens with one attached hydrogen (secondary N) is 1. The number of benzene rings is 2. The van der Waals surface area contributed by atoms with Gasteiger partial charge in [0.2, 0.25) is 0 Å². The molecule has 0 saturated heterocycles. The van der Waals surface area contributed by atoms with Crippen LogP contribution < -0.4 is 10.5 Å². The average molecular weight is 264 g/mol. The van der Waals surface area contributed by atoms with Crippen molar-refractivity contribution in [2.45, 2.75) is 0 Å². The number of hydrogen-bond acceptors (Lipinski definition) is 4. The molecule has 2 aromatic carbocycles. The molecule has 0 aliphatic heterocycles. The van der Waals surface area contributed by atoms with Gasteiger partial charge in [-0.15, -0.1) is 0 Å². The number of aromatic nitrogens is 3. The Morgan fingerprint density at radius 2 is 1.60 bits per heavy atom. The molecule has 0 saturated carbocycles. The van der Waals surface area contributed by atoms with Crippen LogP contribution in [0.3, 0.4) is 0 Å². The lowest BCUT2D eigenvalue weighted by atomic mass is 10.00. The quantitative estimate of drug-likeness (QED) is 0.535. The summed E-state index contributed by atoms with van der Waals surface area (Å²) >= 11 is 0. The third-order valence-electron chi connectivity index (χ3n) is 3.69. The van der Waals surface area contributed by atoms with Crippen molar-refractivity contribution in [1.82, 2.24) is 15.0 Å². The highest BCUT2D eigenvalue weighted by molar-refractivity contribution is 6.22. The second-order valence-electron chi connectivity index (χ2n) is 5.09. The highest BCUT2D eigenvalue weighted by Gasteiger charge is 2.15. The summed E-state index contributed by atoms with van der Waals surface area (Å²) in [7, 11) is 3.83. The maximum absolute atomic E-state index is 12.3. The van der Waals surface area contributed by atoms with Gasteiger partial charge in [0.05, 0.1) is 11.0 Å². The molecule has 0 aliphatic carbocycles. The number of hydrogen-bond donors (Lipinski definition) is 1. The summed E-state index contributed by atoms with van der Waals surface area (Å²) < 4.78 is 0. The van der Waals surface area contributed by atoms with Crippen LogP contribution in [0.15, 0.2) is 35.4 Å². The van der Waals surface area contributed by atoms with E-state index in [1.165, 1.54) is 0 Å². The van der Waals surface area contributed by atoms with Crippen molar-refractivity contribution < 1.29 is 0 Å². The molecule has 0 radical (unpaired) electrons. The molecule has 0 fully saturated rings. The van der Waals surface area contributed by atoms with Crippen LogP contribution >= 0.6 is 0 Å². The first-order valence-electron chi connectivity index (χ1n) is 6.36. The summed E-state index contributed by atoms with van der Waals surface area (Å²) in [5, 5.41) is 3.58. The van der Waals surface area contributed by atoms with Gasteiger partial charge in [0.1, 0.15) is 12.1 Å². The van der Waals surface area contributed by atoms with Gasteiger partial charge in [-0.1, -0.05) is 0 Å². The van der Waals surface area contributed by atoms with Crippen LogP contribution in [-0.2, 0) is 0 Å². The first kappa shape index (κ1) is 11.2. The van der Waals surface area contributed by atoms with Crippen molar-refractivity contribution in [2.75, 3.05) is 19.0 Å². The first-order chi connectivity index (χ1) is 9.66. The van der Waals surface area contributed by atoms with E-state index in [0.717, 1.165) is 33.0 Å². The fourth-order valence-electron chi connectivity index (χ4n) is 2.81. The predicted molar refractivity (Wildman–Crippen MR) is 80.7 cm³/mol. The molecule has 5 nitrogen and oxygen atoms in total. The summed E-state index contributed by atoms with van der Waals surface area (Å²) in [6.07, 6.45) is 1.55. The van der Waals surface area contributed by atoms with Crippen molar-refractivity contribution >= 4 is 38.4 Å². The first-order valence-corrected chi connectivity index (χ1v) is 6.36. The van der Waals surface area contributed by atoms with Gasteiger partial charge in [-0.05, 0) is 24.3 Å². The number of nitrogens with zero attached hydrogens (tertiary/aromatic N) is 3. The molecule has 5 heteroatoms. The molecular formula is C15H12N4O. The highest BCUT2D eigenvalue weighted by atomic mass is 16.1. The summed E-state index contributed by atoms with van der Waals surface area (Å²) in [6.45, 7) is 0. The van der Waals surface area contributed by atoms with E-state index in [1.807, 2.05) is 43.3 Å². The minimum absolute atomic E-state index is 0.0838. The maximum atomic E-state index is 12.3. The van der Waals surface area contributed by atoms with E-state index >= 15 is 0 Å². The van der Waals surface area contributed by atoms with E-state index in [2.05, 4.69) is 15.0 Å². The van der Waals surface area contributed by atoms with Crippen LogP contribution in [0.25, 0.3) is 32.6 Å². The van der Waals surface area contributed by atoms with Gasteiger partial charge in [-0.3, -0.25) is 4.79 Å². The fraction of sp³-hybridized carbons (Fsp3) is 0.133. The SMILES string of the molecule is CN(C)c1[nH]c(=O)c2ccc3ncnc4ccc1c2c43. The summed E-state index contributed by atoms with van der Waals surface area (Å²) in [5.41, 5.74) is 1.64. The van der Waals surface area contributed by atoms with Crippen molar-refractivity contribution in [1.29, 1.82) is 0 Å². The lowest BCUT2D eigenvalue weighted by Gasteiger charge is -2.17. The predicted octanol–water partition coefficient (Wildman–Crippen LogP) is 2.13. The third-order valence-corrected chi connectivity index (χ3v) is 3.69. The van der Waals surface area contributed by atoms with Crippen LogP contribution in [0, 0.1) is 0 Å². The van der Waals surface area contributed by atoms with Crippen LogP contribution in [0.5, 0.6) is 0 Å². The topological polar surface area (TPSA) is 61.9 Å². The molecule has 0 amide bonds. The van der Waals surface area contributed by atoms with Gasteiger partial charge in [0.15, 0.2) is 0 Å². The zero-order valence-electron chi connectivity index (χ0n) is 11.1. The zero-order chi connectivity index (χ0) is 13.9. The van der Waals surface area contributed by atoms with Crippen molar-refractivity contribution in [2.24, 2.45) is 0 Å². The second kappa shape index (κ2) is 3.66. The third kappa shape index (κ3) is 1.29. The number of rotatable bonds is 1. The molecule has 0 unspecified atom stereocenters. The van der Waals surface area contributed by atoms with Gasteiger partial charge in [-0.25, -0.2) is 9.97 Å². The Hall–Kier alpha value is -2.69. The fourth-order valence-corrected chi connectivity index (χ4v) is 2.81. The van der Waals surface area contributed by atoms with E-state index in [4.69, 9.17) is 0 Å². The lowest BCUT2D eigenvalue weighted by Crippen LogP contribution is -2.17. The van der Waals surface area contributed by atoms with Gasteiger partial charge >= 0.3 is 0 Å². The smallest absolute Gasteiger partial charge is 0.257 e.